The van der Waals surface area contributed by atoms with Gasteiger partial charge in [-0.3, -0.25) is 9.59 Å². The first-order valence-corrected chi connectivity index (χ1v) is 11.8. The van der Waals surface area contributed by atoms with E-state index in [1.807, 2.05) is 0 Å². The standard InChI is InChI=1S/C24H30N2O7S/c1-6-32-24(30)20-14(2)21(26-15(20)3)22(28)16(4)33-23(29)17-9-7-8-10-18(17)34-13-19(27)25-11-12-31-5/h7-10,16,26H,6,11-13H2,1-5H3,(H,25,27). The van der Waals surface area contributed by atoms with Crippen LogP contribution >= 0.6 is 11.8 Å². The average Bonchev–Trinajstić information content (AvgIpc) is 3.11. The second kappa shape index (κ2) is 13.0. The number of H-pyrrole nitrogens is 1. The normalized spacial score (nSPS) is 11.6. The van der Waals surface area contributed by atoms with Crippen molar-refractivity contribution < 1.29 is 33.4 Å². The van der Waals surface area contributed by atoms with Gasteiger partial charge < -0.3 is 24.5 Å². The largest absolute Gasteiger partial charge is 0.462 e. The number of esters is 2. The fraction of sp³-hybridized carbons (Fsp3) is 0.417. The van der Waals surface area contributed by atoms with Crippen LogP contribution in [0.1, 0.15) is 56.3 Å². The van der Waals surface area contributed by atoms with Crippen LogP contribution in [0.2, 0.25) is 0 Å². The summed E-state index contributed by atoms with van der Waals surface area (Å²) in [6, 6.07) is 6.71. The van der Waals surface area contributed by atoms with Gasteiger partial charge in [-0.25, -0.2) is 9.59 Å². The van der Waals surface area contributed by atoms with Gasteiger partial charge in [-0.05, 0) is 45.4 Å². The molecule has 0 radical (unpaired) electrons. The molecule has 0 fully saturated rings. The predicted molar refractivity (Wildman–Crippen MR) is 127 cm³/mol. The van der Waals surface area contributed by atoms with Gasteiger partial charge in [-0.15, -0.1) is 11.8 Å². The lowest BCUT2D eigenvalue weighted by Gasteiger charge is -2.14. The van der Waals surface area contributed by atoms with E-state index in [0.717, 1.165) is 0 Å². The smallest absolute Gasteiger partial charge is 0.340 e. The van der Waals surface area contributed by atoms with Crippen molar-refractivity contribution in [2.75, 3.05) is 32.6 Å². The number of ketones is 1. The number of aromatic nitrogens is 1. The molecule has 2 rings (SSSR count). The van der Waals surface area contributed by atoms with Gasteiger partial charge in [0.2, 0.25) is 11.7 Å². The Balaban J connectivity index is 2.09. The number of carbonyl (C=O) groups excluding carboxylic acids is 4. The van der Waals surface area contributed by atoms with E-state index in [1.54, 1.807) is 52.1 Å². The third-order valence-corrected chi connectivity index (χ3v) is 5.98. The van der Waals surface area contributed by atoms with Crippen LogP contribution in [0.25, 0.3) is 0 Å². The minimum absolute atomic E-state index is 0.111. The van der Waals surface area contributed by atoms with Crippen LogP contribution in [-0.2, 0) is 19.0 Å². The summed E-state index contributed by atoms with van der Waals surface area (Å²) in [4.78, 5) is 53.4. The van der Waals surface area contributed by atoms with Crippen LogP contribution < -0.4 is 5.32 Å². The Hall–Kier alpha value is -3.11. The number of aromatic amines is 1. The molecule has 1 aromatic heterocycles. The molecule has 0 saturated heterocycles. The van der Waals surface area contributed by atoms with E-state index < -0.39 is 23.8 Å². The maximum absolute atomic E-state index is 13.0. The summed E-state index contributed by atoms with van der Waals surface area (Å²) in [7, 11) is 1.55. The first kappa shape index (κ1) is 27.1. The molecule has 1 heterocycles. The van der Waals surface area contributed by atoms with Crippen molar-refractivity contribution in [2.45, 2.75) is 38.7 Å². The number of ether oxygens (including phenoxy) is 3. The van der Waals surface area contributed by atoms with Crippen molar-refractivity contribution in [1.29, 1.82) is 0 Å². The minimum atomic E-state index is -1.10. The van der Waals surface area contributed by atoms with E-state index >= 15 is 0 Å². The number of aryl methyl sites for hydroxylation is 1. The molecule has 1 amide bonds. The molecule has 2 aromatic rings. The van der Waals surface area contributed by atoms with Crippen molar-refractivity contribution in [1.82, 2.24) is 10.3 Å². The van der Waals surface area contributed by atoms with Gasteiger partial charge in [0, 0.05) is 24.2 Å². The monoisotopic (exact) mass is 490 g/mol. The highest BCUT2D eigenvalue weighted by molar-refractivity contribution is 8.00. The quantitative estimate of drug-likeness (QED) is 0.201. The Bertz CT molecular complexity index is 1050. The lowest BCUT2D eigenvalue weighted by molar-refractivity contribution is -0.118. The maximum atomic E-state index is 13.0. The van der Waals surface area contributed by atoms with Gasteiger partial charge in [-0.1, -0.05) is 12.1 Å². The highest BCUT2D eigenvalue weighted by Crippen LogP contribution is 2.25. The second-order valence-corrected chi connectivity index (χ2v) is 8.40. The van der Waals surface area contributed by atoms with E-state index in [4.69, 9.17) is 14.2 Å². The number of amides is 1. The van der Waals surface area contributed by atoms with E-state index in [0.29, 0.717) is 34.9 Å². The van der Waals surface area contributed by atoms with Crippen molar-refractivity contribution in [3.63, 3.8) is 0 Å². The summed E-state index contributed by atoms with van der Waals surface area (Å²) in [5.74, 6) is -1.75. The molecule has 1 atom stereocenters. The number of Topliss-reactive ketones (excluding diaryl/α,β-unsaturated/α-hetero) is 1. The van der Waals surface area contributed by atoms with E-state index in [2.05, 4.69) is 10.3 Å². The molecular formula is C24H30N2O7S. The second-order valence-electron chi connectivity index (χ2n) is 7.38. The van der Waals surface area contributed by atoms with Crippen LogP contribution in [0.3, 0.4) is 0 Å². The molecule has 10 heteroatoms. The number of hydrogen-bond donors (Lipinski definition) is 2. The zero-order chi connectivity index (χ0) is 25.3. The number of nitrogens with one attached hydrogen (secondary N) is 2. The first-order valence-electron chi connectivity index (χ1n) is 10.8. The van der Waals surface area contributed by atoms with E-state index in [9.17, 15) is 19.2 Å². The fourth-order valence-electron chi connectivity index (χ4n) is 3.23. The van der Waals surface area contributed by atoms with Crippen LogP contribution in [0.4, 0.5) is 0 Å². The lowest BCUT2D eigenvalue weighted by atomic mass is 10.1. The number of hydrogen-bond acceptors (Lipinski definition) is 8. The predicted octanol–water partition coefficient (Wildman–Crippen LogP) is 3.09. The molecule has 0 aliphatic rings. The maximum Gasteiger partial charge on any atom is 0.340 e. The molecule has 34 heavy (non-hydrogen) atoms. The Morgan fingerprint density at radius 1 is 1.12 bits per heavy atom. The molecule has 9 nitrogen and oxygen atoms in total. The first-order chi connectivity index (χ1) is 16.2. The van der Waals surface area contributed by atoms with Gasteiger partial charge in [0.25, 0.3) is 0 Å². The summed E-state index contributed by atoms with van der Waals surface area (Å²) in [5, 5.41) is 2.71. The average molecular weight is 491 g/mol. The molecule has 0 saturated carbocycles. The summed E-state index contributed by atoms with van der Waals surface area (Å²) >= 11 is 1.19. The topological polar surface area (TPSA) is 124 Å². The molecular weight excluding hydrogens is 460 g/mol. The number of thioether (sulfide) groups is 1. The minimum Gasteiger partial charge on any atom is -0.462 e. The third-order valence-electron chi connectivity index (χ3n) is 4.91. The molecule has 0 bridgehead atoms. The van der Waals surface area contributed by atoms with Gasteiger partial charge in [-0.2, -0.15) is 0 Å². The van der Waals surface area contributed by atoms with Crippen LogP contribution in [0.15, 0.2) is 29.2 Å². The Kier molecular flexibility index (Phi) is 10.3. The molecule has 1 unspecified atom stereocenters. The van der Waals surface area contributed by atoms with Gasteiger partial charge in [0.05, 0.1) is 35.8 Å². The van der Waals surface area contributed by atoms with Crippen molar-refractivity contribution in [3.05, 3.63) is 52.3 Å². The summed E-state index contributed by atoms with van der Waals surface area (Å²) in [6.45, 7) is 7.51. The molecule has 184 valence electrons. The summed E-state index contributed by atoms with van der Waals surface area (Å²) in [6.07, 6.45) is -1.10. The highest BCUT2D eigenvalue weighted by atomic mass is 32.2. The molecule has 1 aromatic carbocycles. The number of rotatable bonds is 12. The van der Waals surface area contributed by atoms with Gasteiger partial charge >= 0.3 is 11.9 Å². The van der Waals surface area contributed by atoms with Crippen LogP contribution in [0, 0.1) is 13.8 Å². The Morgan fingerprint density at radius 3 is 2.50 bits per heavy atom. The SMILES string of the molecule is CCOC(=O)c1c(C)[nH]c(C(=O)C(C)OC(=O)c2ccccc2SCC(=O)NCCOC)c1C. The van der Waals surface area contributed by atoms with E-state index in [-0.39, 0.29) is 29.5 Å². The van der Waals surface area contributed by atoms with Crippen LogP contribution in [0.5, 0.6) is 0 Å². The van der Waals surface area contributed by atoms with Crippen molar-refractivity contribution in [2.24, 2.45) is 0 Å². The zero-order valence-electron chi connectivity index (χ0n) is 20.0. The van der Waals surface area contributed by atoms with Gasteiger partial charge in [0.15, 0.2) is 6.10 Å². The molecule has 0 spiro atoms. The highest BCUT2D eigenvalue weighted by Gasteiger charge is 2.28. The van der Waals surface area contributed by atoms with E-state index in [1.165, 1.54) is 18.7 Å². The van der Waals surface area contributed by atoms with Crippen LogP contribution in [-0.4, -0.2) is 67.3 Å². The Morgan fingerprint density at radius 2 is 1.82 bits per heavy atom. The number of carbonyl (C=O) groups is 4. The lowest BCUT2D eigenvalue weighted by Crippen LogP contribution is -2.28. The molecule has 0 aliphatic carbocycles. The number of methoxy groups -OCH3 is 1. The van der Waals surface area contributed by atoms with Crippen molar-refractivity contribution in [3.8, 4) is 0 Å². The zero-order valence-corrected chi connectivity index (χ0v) is 20.8. The number of benzene rings is 1. The van der Waals surface area contributed by atoms with Gasteiger partial charge in [0.1, 0.15) is 0 Å². The summed E-state index contributed by atoms with van der Waals surface area (Å²) in [5.41, 5.74) is 1.69. The third kappa shape index (κ3) is 6.94. The molecule has 0 aliphatic heterocycles. The van der Waals surface area contributed by atoms with Crippen molar-refractivity contribution >= 4 is 35.4 Å². The Labute approximate surface area is 202 Å². The fourth-order valence-corrected chi connectivity index (χ4v) is 4.10. The summed E-state index contributed by atoms with van der Waals surface area (Å²) < 4.78 is 15.4. The molecule has 2 N–H and O–H groups in total.